The van der Waals surface area contributed by atoms with Crippen molar-refractivity contribution in [1.82, 2.24) is 5.32 Å². The number of benzene rings is 1. The fourth-order valence-corrected chi connectivity index (χ4v) is 2.38. The summed E-state index contributed by atoms with van der Waals surface area (Å²) in [6.45, 7) is -0.417. The van der Waals surface area contributed by atoms with E-state index in [1.165, 1.54) is 0 Å². The third kappa shape index (κ3) is 4.46. The van der Waals surface area contributed by atoms with E-state index in [1.54, 1.807) is 24.3 Å². The van der Waals surface area contributed by atoms with Crippen LogP contribution < -0.4 is 10.1 Å². The van der Waals surface area contributed by atoms with Crippen LogP contribution in [0.15, 0.2) is 24.3 Å². The lowest BCUT2D eigenvalue weighted by Crippen LogP contribution is -2.45. The van der Waals surface area contributed by atoms with Gasteiger partial charge in [-0.25, -0.2) is 4.79 Å². The number of ether oxygens (including phenoxy) is 1. The van der Waals surface area contributed by atoms with Gasteiger partial charge in [0.05, 0.1) is 12.1 Å². The lowest BCUT2D eigenvalue weighted by molar-refractivity contribution is -0.139. The van der Waals surface area contributed by atoms with E-state index in [0.29, 0.717) is 17.7 Å². The molecule has 114 valence electrons. The summed E-state index contributed by atoms with van der Waals surface area (Å²) < 4.78 is 5.00. The second kappa shape index (κ2) is 7.08. The monoisotopic (exact) mass is 293 g/mol. The highest BCUT2D eigenvalue weighted by molar-refractivity contribution is 5.94. The van der Waals surface area contributed by atoms with Crippen LogP contribution in [0, 0.1) is 0 Å². The van der Waals surface area contributed by atoms with Crippen molar-refractivity contribution in [2.24, 2.45) is 0 Å². The molecule has 21 heavy (non-hydrogen) atoms. The molecular formula is C15H19NO5. The zero-order valence-corrected chi connectivity index (χ0v) is 11.6. The number of aliphatic carboxylic acids is 1. The van der Waals surface area contributed by atoms with Crippen molar-refractivity contribution < 1.29 is 24.5 Å². The van der Waals surface area contributed by atoms with E-state index < -0.39 is 18.7 Å². The van der Waals surface area contributed by atoms with Crippen molar-refractivity contribution in [3.63, 3.8) is 0 Å². The van der Waals surface area contributed by atoms with Crippen molar-refractivity contribution in [3.05, 3.63) is 29.8 Å². The smallest absolute Gasteiger partial charge is 0.341 e. The van der Waals surface area contributed by atoms with Gasteiger partial charge in [0.1, 0.15) is 5.75 Å². The summed E-state index contributed by atoms with van der Waals surface area (Å²) in [7, 11) is 0. The zero-order chi connectivity index (χ0) is 15.2. The first-order chi connectivity index (χ1) is 10.1. The highest BCUT2D eigenvalue weighted by Gasteiger charge is 2.24. The third-order valence-electron chi connectivity index (χ3n) is 3.52. The van der Waals surface area contributed by atoms with Gasteiger partial charge in [-0.15, -0.1) is 0 Å². The Kier molecular flexibility index (Phi) is 5.16. The van der Waals surface area contributed by atoms with E-state index in [9.17, 15) is 14.7 Å². The van der Waals surface area contributed by atoms with Gasteiger partial charge in [-0.05, 0) is 37.1 Å². The Labute approximate surface area is 122 Å². The molecule has 0 heterocycles. The number of nitrogens with one attached hydrogen (secondary N) is 1. The number of carbonyl (C=O) groups is 2. The van der Waals surface area contributed by atoms with Crippen LogP contribution in [0.2, 0.25) is 0 Å². The van der Waals surface area contributed by atoms with Crippen molar-refractivity contribution in [3.8, 4) is 5.75 Å². The van der Waals surface area contributed by atoms with E-state index in [-0.39, 0.29) is 11.9 Å². The molecule has 0 unspecified atom stereocenters. The average molecular weight is 293 g/mol. The van der Waals surface area contributed by atoms with Gasteiger partial charge in [0.2, 0.25) is 0 Å². The molecule has 2 rings (SSSR count). The molecule has 1 aliphatic carbocycles. The van der Waals surface area contributed by atoms with Gasteiger partial charge in [0, 0.05) is 5.56 Å². The minimum absolute atomic E-state index is 0.200. The van der Waals surface area contributed by atoms with Gasteiger partial charge in [-0.2, -0.15) is 0 Å². The number of carboxylic acids is 1. The second-order valence-corrected chi connectivity index (χ2v) is 5.14. The van der Waals surface area contributed by atoms with E-state index in [0.717, 1.165) is 19.3 Å². The molecule has 0 radical (unpaired) electrons. The van der Waals surface area contributed by atoms with Crippen molar-refractivity contribution >= 4 is 11.9 Å². The molecule has 0 aliphatic heterocycles. The topological polar surface area (TPSA) is 95.9 Å². The lowest BCUT2D eigenvalue weighted by atomic mass is 9.92. The molecule has 1 aromatic rings. The van der Waals surface area contributed by atoms with Crippen LogP contribution >= 0.6 is 0 Å². The Balaban J connectivity index is 1.91. The Morgan fingerprint density at radius 1 is 1.19 bits per heavy atom. The maximum Gasteiger partial charge on any atom is 0.341 e. The first-order valence-corrected chi connectivity index (χ1v) is 7.00. The summed E-state index contributed by atoms with van der Waals surface area (Å²) in [5, 5.41) is 21.2. The van der Waals surface area contributed by atoms with Gasteiger partial charge in [0.25, 0.3) is 5.91 Å². The molecule has 0 bridgehead atoms. The Morgan fingerprint density at radius 2 is 1.86 bits per heavy atom. The molecule has 1 aliphatic rings. The third-order valence-corrected chi connectivity index (χ3v) is 3.52. The highest BCUT2D eigenvalue weighted by atomic mass is 16.5. The molecule has 0 aromatic heterocycles. The van der Waals surface area contributed by atoms with E-state index >= 15 is 0 Å². The van der Waals surface area contributed by atoms with Crippen LogP contribution in [0.3, 0.4) is 0 Å². The maximum atomic E-state index is 12.1. The van der Waals surface area contributed by atoms with Gasteiger partial charge in [-0.3, -0.25) is 4.79 Å². The standard InChI is InChI=1S/C15H19NO5/c17-13-4-2-1-3-12(13)16-15(20)10-5-7-11(8-6-10)21-9-14(18)19/h5-8,12-13,17H,1-4,9H2,(H,16,20)(H,18,19)/t12-,13-/m1/s1. The number of aliphatic hydroxyl groups excluding tert-OH is 1. The Morgan fingerprint density at radius 3 is 2.48 bits per heavy atom. The fourth-order valence-electron chi connectivity index (χ4n) is 2.38. The first-order valence-electron chi connectivity index (χ1n) is 7.00. The number of hydrogen-bond acceptors (Lipinski definition) is 4. The van der Waals surface area contributed by atoms with E-state index in [2.05, 4.69) is 5.32 Å². The quantitative estimate of drug-likeness (QED) is 0.757. The Hall–Kier alpha value is -2.08. The molecule has 1 saturated carbocycles. The highest BCUT2D eigenvalue weighted by Crippen LogP contribution is 2.19. The normalized spacial score (nSPS) is 21.6. The SMILES string of the molecule is O=C(O)COc1ccc(C(=O)N[C@@H]2CCCC[C@H]2O)cc1. The molecule has 1 amide bonds. The molecule has 0 saturated heterocycles. The number of aliphatic hydroxyl groups is 1. The number of hydrogen-bond donors (Lipinski definition) is 3. The summed E-state index contributed by atoms with van der Waals surface area (Å²) in [4.78, 5) is 22.5. The van der Waals surface area contributed by atoms with Crippen molar-refractivity contribution in [1.29, 1.82) is 0 Å². The van der Waals surface area contributed by atoms with E-state index in [4.69, 9.17) is 9.84 Å². The van der Waals surface area contributed by atoms with Crippen LogP contribution in [-0.4, -0.2) is 40.8 Å². The molecule has 6 nitrogen and oxygen atoms in total. The minimum atomic E-state index is -1.05. The number of carbonyl (C=O) groups excluding carboxylic acids is 1. The van der Waals surface area contributed by atoms with Gasteiger partial charge in [0.15, 0.2) is 6.61 Å². The summed E-state index contributed by atoms with van der Waals surface area (Å²) in [6, 6.07) is 6.04. The summed E-state index contributed by atoms with van der Waals surface area (Å²) in [5.74, 6) is -0.902. The number of amides is 1. The van der Waals surface area contributed by atoms with Crippen LogP contribution in [0.25, 0.3) is 0 Å². The number of rotatable bonds is 5. The molecular weight excluding hydrogens is 274 g/mol. The predicted octanol–water partition coefficient (Wildman–Crippen LogP) is 1.18. The van der Waals surface area contributed by atoms with E-state index in [1.807, 2.05) is 0 Å². The Bertz CT molecular complexity index is 499. The van der Waals surface area contributed by atoms with Crippen molar-refractivity contribution in [2.75, 3.05) is 6.61 Å². The van der Waals surface area contributed by atoms with Gasteiger partial charge >= 0.3 is 5.97 Å². The second-order valence-electron chi connectivity index (χ2n) is 5.14. The summed E-state index contributed by atoms with van der Waals surface area (Å²) >= 11 is 0. The molecule has 1 fully saturated rings. The maximum absolute atomic E-state index is 12.1. The average Bonchev–Trinajstić information content (AvgIpc) is 2.48. The molecule has 6 heteroatoms. The van der Waals surface area contributed by atoms with Gasteiger partial charge < -0.3 is 20.3 Å². The van der Waals surface area contributed by atoms with Gasteiger partial charge in [-0.1, -0.05) is 12.8 Å². The molecule has 3 N–H and O–H groups in total. The van der Waals surface area contributed by atoms with Crippen molar-refractivity contribution in [2.45, 2.75) is 37.8 Å². The summed E-state index contributed by atoms with van der Waals surface area (Å²) in [5.41, 5.74) is 0.454. The predicted molar refractivity (Wildman–Crippen MR) is 75.3 cm³/mol. The lowest BCUT2D eigenvalue weighted by Gasteiger charge is -2.28. The molecule has 1 aromatic carbocycles. The van der Waals surface area contributed by atoms with Crippen LogP contribution in [0.5, 0.6) is 5.75 Å². The van der Waals surface area contributed by atoms with Crippen LogP contribution in [0.4, 0.5) is 0 Å². The zero-order valence-electron chi connectivity index (χ0n) is 11.6. The van der Waals surface area contributed by atoms with Crippen LogP contribution in [-0.2, 0) is 4.79 Å². The number of carboxylic acid groups (broad SMARTS) is 1. The van der Waals surface area contributed by atoms with Crippen LogP contribution in [0.1, 0.15) is 36.0 Å². The minimum Gasteiger partial charge on any atom is -0.482 e. The first kappa shape index (κ1) is 15.3. The molecule has 2 atom stereocenters. The summed E-state index contributed by atoms with van der Waals surface area (Å²) in [6.07, 6.45) is 3.01. The molecule has 0 spiro atoms. The largest absolute Gasteiger partial charge is 0.482 e. The fraction of sp³-hybridized carbons (Fsp3) is 0.467.